The number of piperidine rings is 1. The van der Waals surface area contributed by atoms with Crippen LogP contribution in [0.3, 0.4) is 0 Å². The molecule has 1 unspecified atom stereocenters. The molecule has 6 rings (SSSR count). The van der Waals surface area contributed by atoms with Crippen molar-refractivity contribution in [3.63, 3.8) is 0 Å². The van der Waals surface area contributed by atoms with Crippen LogP contribution in [0.25, 0.3) is 11.8 Å². The lowest BCUT2D eigenvalue weighted by Crippen LogP contribution is -2.53. The molecule has 1 saturated heterocycles. The second-order valence-corrected chi connectivity index (χ2v) is 12.2. The summed E-state index contributed by atoms with van der Waals surface area (Å²) < 4.78 is 84.4. The van der Waals surface area contributed by atoms with Crippen LogP contribution in [0, 0.1) is 28.7 Å². The normalized spacial score (nSPS) is 19.3. The second-order valence-electron chi connectivity index (χ2n) is 9.33. The van der Waals surface area contributed by atoms with E-state index in [9.17, 15) is 30.8 Å². The largest absolute Gasteiger partial charge is 0.290 e. The summed E-state index contributed by atoms with van der Waals surface area (Å²) in [5.41, 5.74) is 1.24. The number of carbonyl (C=O) groups is 1. The van der Waals surface area contributed by atoms with E-state index < -0.39 is 43.6 Å². The quantitative estimate of drug-likeness (QED) is 0.195. The van der Waals surface area contributed by atoms with E-state index in [0.717, 1.165) is 15.6 Å². The van der Waals surface area contributed by atoms with E-state index in [2.05, 4.69) is 10.1 Å². The predicted octanol–water partition coefficient (Wildman–Crippen LogP) is 4.79. The van der Waals surface area contributed by atoms with Crippen LogP contribution in [0.1, 0.15) is 27.5 Å². The Morgan fingerprint density at radius 3 is 2.44 bits per heavy atom. The van der Waals surface area contributed by atoms with Crippen molar-refractivity contribution in [3.05, 3.63) is 99.3 Å². The van der Waals surface area contributed by atoms with Crippen molar-refractivity contribution in [2.24, 2.45) is 5.41 Å². The maximum Gasteiger partial charge on any atom is 0.243 e. The van der Waals surface area contributed by atoms with Crippen molar-refractivity contribution < 1.29 is 30.8 Å². The van der Waals surface area contributed by atoms with E-state index in [1.165, 1.54) is 18.3 Å². The topological polar surface area (TPSA) is 85.2 Å². The van der Waals surface area contributed by atoms with Crippen molar-refractivity contribution >= 4 is 33.2 Å². The summed E-state index contributed by atoms with van der Waals surface area (Å²) in [4.78, 5) is 17.4. The molecule has 1 atom stereocenters. The Balaban J connectivity index is 1.44. The van der Waals surface area contributed by atoms with Crippen LogP contribution in [0.4, 0.5) is 17.6 Å². The highest BCUT2D eigenvalue weighted by atomic mass is 32.2. The Bertz CT molecular complexity index is 1730. The van der Waals surface area contributed by atoms with Gasteiger partial charge in [-0.05, 0) is 60.9 Å². The third-order valence-electron chi connectivity index (χ3n) is 7.11. The van der Waals surface area contributed by atoms with Crippen LogP contribution >= 0.6 is 11.3 Å². The van der Waals surface area contributed by atoms with Gasteiger partial charge in [-0.15, -0.1) is 11.3 Å². The van der Waals surface area contributed by atoms with Gasteiger partial charge in [0, 0.05) is 24.7 Å². The third-order valence-corrected chi connectivity index (χ3v) is 9.70. The highest BCUT2D eigenvalue weighted by Crippen LogP contribution is 2.47. The van der Waals surface area contributed by atoms with Gasteiger partial charge in [-0.25, -0.2) is 35.6 Å². The molecule has 2 aromatic heterocycles. The fraction of sp³-hybridized carbons (Fsp3) is 0.192. The number of carbonyl (C=O) groups excluding carboxylic acids is 1. The molecule has 0 saturated carbocycles. The number of rotatable bonds is 5. The minimum atomic E-state index is -4.50. The smallest absolute Gasteiger partial charge is 0.243 e. The fourth-order valence-electron chi connectivity index (χ4n) is 5.18. The summed E-state index contributed by atoms with van der Waals surface area (Å²) >= 11 is 1.12. The molecule has 13 heteroatoms. The first-order chi connectivity index (χ1) is 18.6. The molecule has 0 bridgehead atoms. The minimum absolute atomic E-state index is 0.0816. The predicted molar refractivity (Wildman–Crippen MR) is 134 cm³/mol. The number of fused-ring (bicyclic) bond motifs is 2. The number of sulfonamides is 1. The number of Topliss-reactive ketones (excluding diaryl/α,β-unsaturated/α-hetero) is 1. The third kappa shape index (κ3) is 4.12. The Morgan fingerprint density at radius 1 is 1.05 bits per heavy atom. The molecule has 2 aromatic carbocycles. The zero-order chi connectivity index (χ0) is 27.5. The minimum Gasteiger partial charge on any atom is -0.290 e. The molecule has 0 N–H and O–H groups in total. The van der Waals surface area contributed by atoms with Crippen molar-refractivity contribution in [3.8, 4) is 5.69 Å². The van der Waals surface area contributed by atoms with Gasteiger partial charge in [0.25, 0.3) is 0 Å². The highest BCUT2D eigenvalue weighted by molar-refractivity contribution is 7.89. The molecule has 0 amide bonds. The van der Waals surface area contributed by atoms with Crippen molar-refractivity contribution in [1.29, 1.82) is 0 Å². The van der Waals surface area contributed by atoms with E-state index in [0.29, 0.717) is 34.7 Å². The molecule has 2 aliphatic rings. The van der Waals surface area contributed by atoms with Crippen LogP contribution in [0.15, 0.2) is 64.6 Å². The number of nitrogens with zero attached hydrogens (tertiary/aromatic N) is 4. The van der Waals surface area contributed by atoms with Gasteiger partial charge in [0.15, 0.2) is 22.5 Å². The maximum atomic E-state index is 14.0. The van der Waals surface area contributed by atoms with Crippen LogP contribution in [0.2, 0.25) is 0 Å². The first-order valence-corrected chi connectivity index (χ1v) is 14.0. The fourth-order valence-corrected chi connectivity index (χ4v) is 7.38. The molecule has 4 aromatic rings. The van der Waals surface area contributed by atoms with Crippen LogP contribution in [-0.2, 0) is 16.4 Å². The molecular weight excluding hydrogens is 556 g/mol. The summed E-state index contributed by atoms with van der Waals surface area (Å²) in [6, 6.07) is 6.61. The van der Waals surface area contributed by atoms with E-state index in [-0.39, 0.29) is 36.7 Å². The lowest BCUT2D eigenvalue weighted by Gasteiger charge is -2.44. The van der Waals surface area contributed by atoms with Gasteiger partial charge in [0.1, 0.15) is 5.82 Å². The Labute approximate surface area is 224 Å². The lowest BCUT2D eigenvalue weighted by atomic mass is 9.66. The van der Waals surface area contributed by atoms with E-state index >= 15 is 0 Å². The molecule has 1 aliphatic carbocycles. The second kappa shape index (κ2) is 9.21. The zero-order valence-corrected chi connectivity index (χ0v) is 21.6. The average molecular weight is 575 g/mol. The Hall–Kier alpha value is -3.68. The molecule has 200 valence electrons. The number of thiazole rings is 1. The van der Waals surface area contributed by atoms with Gasteiger partial charge in [-0.2, -0.15) is 9.40 Å². The van der Waals surface area contributed by atoms with E-state index in [1.54, 1.807) is 34.5 Å². The highest BCUT2D eigenvalue weighted by Gasteiger charge is 2.51. The van der Waals surface area contributed by atoms with Gasteiger partial charge < -0.3 is 0 Å². The number of halogens is 4. The number of hydrogen-bond acceptors (Lipinski definition) is 6. The standard InChI is InChI=1S/C26H18F4N4O3S2/c27-17-1-3-18(4-2-17)34-22-9-16-5-7-33(39(36,37)19-10-20(28)23(30)21(29)11-19)14-26(16,12-15(22)13-32-34)24(35)25-31-6-8-38-25/h1-4,6,8-11,13H,5,7,12,14H2. The first kappa shape index (κ1) is 25.6. The number of hydrogen-bond donors (Lipinski definition) is 0. The molecule has 1 aliphatic heterocycles. The average Bonchev–Trinajstić information content (AvgIpc) is 3.60. The monoisotopic (exact) mass is 574 g/mol. The number of ketones is 1. The van der Waals surface area contributed by atoms with Crippen molar-refractivity contribution in [1.82, 2.24) is 19.1 Å². The SMILES string of the molecule is O=C(c1nccs1)C12Cc3cnn(-c4ccc(F)cc4)c3C=C1CCN(S(=O)(=O)c1cc(F)c(F)c(F)c1)C2. The van der Waals surface area contributed by atoms with E-state index in [4.69, 9.17) is 0 Å². The van der Waals surface area contributed by atoms with Gasteiger partial charge in [0.2, 0.25) is 15.8 Å². The van der Waals surface area contributed by atoms with Gasteiger partial charge in [-0.1, -0.05) is 5.57 Å². The van der Waals surface area contributed by atoms with Crippen LogP contribution in [0.5, 0.6) is 0 Å². The summed E-state index contributed by atoms with van der Waals surface area (Å²) in [5, 5.41) is 6.25. The summed E-state index contributed by atoms with van der Waals surface area (Å²) in [5.74, 6) is -5.82. The van der Waals surface area contributed by atoms with Gasteiger partial charge >= 0.3 is 0 Å². The summed E-state index contributed by atoms with van der Waals surface area (Å²) in [6.45, 7) is -0.400. The maximum absolute atomic E-state index is 14.0. The Morgan fingerprint density at radius 2 is 1.77 bits per heavy atom. The molecule has 0 radical (unpaired) electrons. The van der Waals surface area contributed by atoms with Crippen molar-refractivity contribution in [2.75, 3.05) is 13.1 Å². The van der Waals surface area contributed by atoms with Crippen LogP contribution < -0.4 is 0 Å². The molecule has 1 fully saturated rings. The summed E-state index contributed by atoms with van der Waals surface area (Å²) in [6.07, 6.45) is 5.06. The van der Waals surface area contributed by atoms with Crippen LogP contribution in [-0.4, -0.2) is 46.4 Å². The van der Waals surface area contributed by atoms with Gasteiger partial charge in [0.05, 0.1) is 27.9 Å². The number of benzene rings is 2. The Kier molecular flexibility index (Phi) is 6.04. The molecule has 0 spiro atoms. The zero-order valence-electron chi connectivity index (χ0n) is 19.9. The molecular formula is C26H18F4N4O3S2. The summed E-state index contributed by atoms with van der Waals surface area (Å²) in [7, 11) is -4.50. The molecule has 7 nitrogen and oxygen atoms in total. The van der Waals surface area contributed by atoms with Gasteiger partial charge in [-0.3, -0.25) is 4.79 Å². The number of aromatic nitrogens is 3. The molecule has 39 heavy (non-hydrogen) atoms. The van der Waals surface area contributed by atoms with E-state index in [1.807, 2.05) is 0 Å². The lowest BCUT2D eigenvalue weighted by molar-refractivity contribution is 0.0775. The molecule has 3 heterocycles. The van der Waals surface area contributed by atoms with Crippen molar-refractivity contribution in [2.45, 2.75) is 17.7 Å². The first-order valence-electron chi connectivity index (χ1n) is 11.7.